The number of hydrogen-bond acceptors (Lipinski definition) is 8. The Morgan fingerprint density at radius 3 is 2.73 bits per heavy atom. The van der Waals surface area contributed by atoms with Crippen LogP contribution in [0.4, 0.5) is 5.82 Å². The Morgan fingerprint density at radius 1 is 1.19 bits per heavy atom. The van der Waals surface area contributed by atoms with Gasteiger partial charge in [-0.1, -0.05) is 17.7 Å². The Balaban J connectivity index is 1.46. The van der Waals surface area contributed by atoms with Gasteiger partial charge in [0, 0.05) is 36.5 Å². The Kier molecular flexibility index (Phi) is 7.02. The van der Waals surface area contributed by atoms with Gasteiger partial charge >= 0.3 is 0 Å². The number of ether oxygens (including phenoxy) is 1. The van der Waals surface area contributed by atoms with E-state index in [0.717, 1.165) is 18.4 Å². The quantitative estimate of drug-likeness (QED) is 0.365. The molecule has 1 aliphatic rings. The van der Waals surface area contributed by atoms with Crippen LogP contribution in [-0.2, 0) is 4.79 Å². The maximum Gasteiger partial charge on any atom is 0.246 e. The van der Waals surface area contributed by atoms with E-state index in [9.17, 15) is 4.79 Å². The highest BCUT2D eigenvalue weighted by Crippen LogP contribution is 2.35. The number of carbonyl (C=O) groups is 1. The van der Waals surface area contributed by atoms with E-state index in [-0.39, 0.29) is 24.6 Å². The summed E-state index contributed by atoms with van der Waals surface area (Å²) in [5.74, 6) is 1.24. The molecule has 1 saturated heterocycles. The average molecular weight is 520 g/mol. The maximum atomic E-state index is 12.7. The van der Waals surface area contributed by atoms with Crippen molar-refractivity contribution < 1.29 is 14.6 Å². The molecule has 10 nitrogen and oxygen atoms in total. The number of nitrogen functional groups attached to an aromatic ring is 1. The lowest BCUT2D eigenvalue weighted by Crippen LogP contribution is -2.45. The number of fused-ring (bicyclic) bond motifs is 1. The van der Waals surface area contributed by atoms with Crippen LogP contribution < -0.4 is 10.5 Å². The average Bonchev–Trinajstić information content (AvgIpc) is 3.30. The predicted octanol–water partition coefficient (Wildman–Crippen LogP) is 4.02. The number of piperidine rings is 1. The fourth-order valence-electron chi connectivity index (χ4n) is 4.52. The Labute approximate surface area is 218 Å². The molecule has 1 aromatic carbocycles. The minimum Gasteiger partial charge on any atom is -0.439 e. The summed E-state index contributed by atoms with van der Waals surface area (Å²) in [7, 11) is 0. The number of aromatic nitrogens is 5. The molecule has 1 amide bonds. The van der Waals surface area contributed by atoms with Gasteiger partial charge < -0.3 is 20.5 Å². The molecule has 2 unspecified atom stereocenters. The predicted molar refractivity (Wildman–Crippen MR) is 140 cm³/mol. The van der Waals surface area contributed by atoms with Gasteiger partial charge in [-0.15, -0.1) is 0 Å². The third-order valence-electron chi connectivity index (χ3n) is 6.42. The number of halogens is 1. The molecule has 190 valence electrons. The van der Waals surface area contributed by atoms with E-state index in [4.69, 9.17) is 32.3 Å². The van der Waals surface area contributed by atoms with Gasteiger partial charge in [0.15, 0.2) is 5.65 Å². The van der Waals surface area contributed by atoms with Gasteiger partial charge in [-0.25, -0.2) is 19.6 Å². The second kappa shape index (κ2) is 10.5. The van der Waals surface area contributed by atoms with Crippen LogP contribution in [0.25, 0.3) is 22.3 Å². The molecule has 37 heavy (non-hydrogen) atoms. The fourth-order valence-corrected chi connectivity index (χ4v) is 4.63. The van der Waals surface area contributed by atoms with Crippen LogP contribution in [0.2, 0.25) is 5.02 Å². The Bertz CT molecular complexity index is 1440. The highest BCUT2D eigenvalue weighted by molar-refractivity contribution is 6.30. The van der Waals surface area contributed by atoms with E-state index in [1.807, 2.05) is 35.9 Å². The van der Waals surface area contributed by atoms with E-state index in [1.54, 1.807) is 17.0 Å². The van der Waals surface area contributed by atoms with Crippen LogP contribution in [-0.4, -0.2) is 59.8 Å². The molecule has 0 bridgehead atoms. The molecule has 3 aromatic heterocycles. The first-order valence-electron chi connectivity index (χ1n) is 11.9. The van der Waals surface area contributed by atoms with E-state index < -0.39 is 0 Å². The van der Waals surface area contributed by atoms with Crippen LogP contribution in [0.15, 0.2) is 61.1 Å². The number of anilines is 1. The molecule has 0 saturated carbocycles. The zero-order chi connectivity index (χ0) is 25.9. The van der Waals surface area contributed by atoms with Gasteiger partial charge in [-0.05, 0) is 50.1 Å². The zero-order valence-corrected chi connectivity index (χ0v) is 20.9. The summed E-state index contributed by atoms with van der Waals surface area (Å²) >= 11 is 5.89. The molecular formula is C26H26ClN7O3. The largest absolute Gasteiger partial charge is 0.439 e. The number of carbonyl (C=O) groups excluding carboxylic acids is 1. The molecular weight excluding hydrogens is 494 g/mol. The molecule has 11 heteroatoms. The van der Waals surface area contributed by atoms with Crippen molar-refractivity contribution in [3.63, 3.8) is 0 Å². The number of amides is 1. The number of nitrogens with zero attached hydrogens (tertiary/aromatic N) is 6. The molecule has 0 aliphatic carbocycles. The summed E-state index contributed by atoms with van der Waals surface area (Å²) in [5.41, 5.74) is 8.38. The highest BCUT2D eigenvalue weighted by Gasteiger charge is 2.31. The summed E-state index contributed by atoms with van der Waals surface area (Å²) in [6.07, 6.45) is 7.45. The van der Waals surface area contributed by atoms with Gasteiger partial charge in [-0.2, -0.15) is 5.10 Å². The first-order chi connectivity index (χ1) is 17.9. The number of hydrogen-bond donors (Lipinski definition) is 2. The topological polar surface area (TPSA) is 132 Å². The molecule has 0 radical (unpaired) electrons. The van der Waals surface area contributed by atoms with Crippen LogP contribution in [0, 0.1) is 0 Å². The number of aliphatic hydroxyl groups excluding tert-OH is 1. The Morgan fingerprint density at radius 2 is 2.00 bits per heavy atom. The molecule has 2 atom stereocenters. The monoisotopic (exact) mass is 519 g/mol. The second-order valence-electron chi connectivity index (χ2n) is 8.85. The third-order valence-corrected chi connectivity index (χ3v) is 6.64. The summed E-state index contributed by atoms with van der Waals surface area (Å²) < 4.78 is 7.66. The first-order valence-corrected chi connectivity index (χ1v) is 12.3. The SMILES string of the molecule is CC1CCC(n2nc(-c3ccc(Oc4ccc(Cl)cn4)cc3)c3c(N)ncnc32)CN1C(=O)/C=C/CO. The fraction of sp³-hybridized carbons (Fsp3) is 0.269. The van der Waals surface area contributed by atoms with Gasteiger partial charge in [0.05, 0.1) is 23.1 Å². The Hall–Kier alpha value is -4.02. The number of pyridine rings is 1. The molecule has 1 fully saturated rings. The molecule has 0 spiro atoms. The normalized spacial score (nSPS) is 18.0. The lowest BCUT2D eigenvalue weighted by Gasteiger charge is -2.37. The number of benzene rings is 1. The van der Waals surface area contributed by atoms with Crippen molar-refractivity contribution >= 4 is 34.4 Å². The minimum atomic E-state index is -0.180. The standard InChI is InChI=1S/C26H26ClN7O3/c1-16-4-8-19(14-33(16)22(36)3-2-12-35)34-26-23(25(28)30-15-31-26)24(32-34)17-5-9-20(10-6-17)37-21-11-7-18(27)13-29-21/h2-3,5-7,9-11,13,15-16,19,35H,4,8,12,14H2,1H3,(H2,28,30,31)/b3-2+. The molecule has 5 rings (SSSR count). The van der Waals surface area contributed by atoms with Gasteiger partial charge in [0.1, 0.15) is 23.6 Å². The van der Waals surface area contributed by atoms with Crippen molar-refractivity contribution in [2.45, 2.75) is 31.8 Å². The van der Waals surface area contributed by atoms with Crippen molar-refractivity contribution in [3.05, 3.63) is 66.1 Å². The summed E-state index contributed by atoms with van der Waals surface area (Å²) in [4.78, 5) is 27.3. The van der Waals surface area contributed by atoms with Crippen LogP contribution in [0.1, 0.15) is 25.8 Å². The van der Waals surface area contributed by atoms with Crippen LogP contribution in [0.3, 0.4) is 0 Å². The van der Waals surface area contributed by atoms with Crippen molar-refractivity contribution in [3.8, 4) is 22.9 Å². The van der Waals surface area contributed by atoms with Gasteiger partial charge in [0.2, 0.25) is 11.8 Å². The van der Waals surface area contributed by atoms with E-state index >= 15 is 0 Å². The smallest absolute Gasteiger partial charge is 0.246 e. The maximum absolute atomic E-state index is 12.7. The van der Waals surface area contributed by atoms with Crippen molar-refractivity contribution in [2.24, 2.45) is 0 Å². The second-order valence-corrected chi connectivity index (χ2v) is 9.28. The van der Waals surface area contributed by atoms with E-state index in [2.05, 4.69) is 15.0 Å². The summed E-state index contributed by atoms with van der Waals surface area (Å²) in [5, 5.41) is 15.2. The van der Waals surface area contributed by atoms with Crippen LogP contribution in [0.5, 0.6) is 11.6 Å². The van der Waals surface area contributed by atoms with Gasteiger partial charge in [0.25, 0.3) is 0 Å². The lowest BCUT2D eigenvalue weighted by atomic mass is 9.99. The summed E-state index contributed by atoms with van der Waals surface area (Å²) in [6, 6.07) is 10.8. The molecule has 4 heterocycles. The number of aliphatic hydroxyl groups is 1. The molecule has 4 aromatic rings. The highest BCUT2D eigenvalue weighted by atomic mass is 35.5. The van der Waals surface area contributed by atoms with Gasteiger partial charge in [-0.3, -0.25) is 4.79 Å². The van der Waals surface area contributed by atoms with Crippen molar-refractivity contribution in [2.75, 3.05) is 18.9 Å². The number of nitrogens with two attached hydrogens (primary N) is 1. The molecule has 1 aliphatic heterocycles. The van der Waals surface area contributed by atoms with E-state index in [1.165, 1.54) is 24.7 Å². The molecule has 3 N–H and O–H groups in total. The lowest BCUT2D eigenvalue weighted by molar-refractivity contribution is -0.130. The van der Waals surface area contributed by atoms with E-state index in [0.29, 0.717) is 45.7 Å². The minimum absolute atomic E-state index is 0.0794. The van der Waals surface area contributed by atoms with Crippen molar-refractivity contribution in [1.29, 1.82) is 0 Å². The number of rotatable bonds is 6. The van der Waals surface area contributed by atoms with Crippen molar-refractivity contribution in [1.82, 2.24) is 29.6 Å². The van der Waals surface area contributed by atoms with Crippen LogP contribution >= 0.6 is 11.6 Å². The summed E-state index contributed by atoms with van der Waals surface area (Å²) in [6.45, 7) is 2.31. The zero-order valence-electron chi connectivity index (χ0n) is 20.2. The number of likely N-dealkylation sites (tertiary alicyclic amines) is 1. The third kappa shape index (κ3) is 5.11. The first kappa shape index (κ1) is 24.7.